The number of hydrogen-bond acceptors (Lipinski definition) is 2. The van der Waals surface area contributed by atoms with E-state index < -0.39 is 6.89 Å². The van der Waals surface area contributed by atoms with E-state index in [1.54, 1.807) is 0 Å². The lowest BCUT2D eigenvalue weighted by molar-refractivity contribution is -0.135. The Morgan fingerprint density at radius 1 is 0.611 bits per heavy atom. The molecule has 4 aromatic carbocycles. The second-order valence-corrected chi connectivity index (χ2v) is 12.2. The van der Waals surface area contributed by atoms with Gasteiger partial charge < -0.3 is 4.74 Å². The zero-order chi connectivity index (χ0) is 24.5. The second kappa shape index (κ2) is 9.15. The van der Waals surface area contributed by atoms with E-state index in [9.17, 15) is 4.79 Å². The molecule has 4 aromatic rings. The first-order chi connectivity index (χ1) is 17.7. The molecule has 0 bridgehead atoms. The smallest absolute Gasteiger partial charge is 0.339 e. The molecule has 0 unspecified atom stereocenters. The number of allylic oxidation sites excluding steroid dienone is 3. The summed E-state index contributed by atoms with van der Waals surface area (Å²) in [6.07, 6.45) is 6.49. The Morgan fingerprint density at radius 3 is 1.64 bits per heavy atom. The molecule has 0 saturated heterocycles. The van der Waals surface area contributed by atoms with Gasteiger partial charge in [0.1, 0.15) is 0 Å². The Hall–Kier alpha value is -4.13. The average molecular weight is 485 g/mol. The van der Waals surface area contributed by atoms with E-state index in [2.05, 4.69) is 103 Å². The maximum absolute atomic E-state index is 13.7. The molecule has 0 fully saturated rings. The first-order valence-corrected chi connectivity index (χ1v) is 13.8. The Morgan fingerprint density at radius 2 is 1.11 bits per heavy atom. The largest absolute Gasteiger partial charge is 0.465 e. The summed E-state index contributed by atoms with van der Waals surface area (Å²) >= 11 is 0. The van der Waals surface area contributed by atoms with Crippen LogP contribution in [0.4, 0.5) is 0 Å². The number of methoxy groups -OCH3 is 1. The fraction of sp³-hybridized carbons (Fsp3) is 0.0303. The number of rotatable bonds is 4. The maximum Gasteiger partial charge on any atom is 0.339 e. The lowest BCUT2D eigenvalue weighted by atomic mass is 9.94. The van der Waals surface area contributed by atoms with E-state index >= 15 is 0 Å². The Labute approximate surface area is 211 Å². The van der Waals surface area contributed by atoms with Crippen molar-refractivity contribution in [3.05, 3.63) is 149 Å². The predicted octanol–water partition coefficient (Wildman–Crippen LogP) is 3.84. The van der Waals surface area contributed by atoms with E-state index in [1.165, 1.54) is 23.0 Å². The van der Waals surface area contributed by atoms with Crippen LogP contribution in [0.5, 0.6) is 0 Å². The molecule has 3 heteroatoms. The van der Waals surface area contributed by atoms with Gasteiger partial charge in [-0.15, -0.1) is 0 Å². The fourth-order valence-corrected chi connectivity index (χ4v) is 9.86. The molecule has 0 saturated carbocycles. The SMILES string of the molecule is COC(=O)C1=C2C=c3ccccc3=C2C=CC1=P(c1ccccc1)(c1ccccc1)c1ccccc1. The van der Waals surface area contributed by atoms with Crippen molar-refractivity contribution in [2.75, 3.05) is 7.11 Å². The van der Waals surface area contributed by atoms with Crippen LogP contribution in [0.25, 0.3) is 11.6 Å². The van der Waals surface area contributed by atoms with Crippen LogP contribution in [-0.4, -0.2) is 18.4 Å². The van der Waals surface area contributed by atoms with Crippen LogP contribution in [0.2, 0.25) is 0 Å². The molecule has 174 valence electrons. The monoisotopic (exact) mass is 484 g/mol. The number of carbonyl (C=O) groups is 1. The molecule has 6 rings (SSSR count). The summed E-state index contributed by atoms with van der Waals surface area (Å²) in [6.45, 7) is -2.46. The van der Waals surface area contributed by atoms with Gasteiger partial charge in [0.05, 0.1) is 12.7 Å². The molecule has 2 aliphatic rings. The van der Waals surface area contributed by atoms with E-state index in [0.717, 1.165) is 26.9 Å². The van der Waals surface area contributed by atoms with Gasteiger partial charge in [0.25, 0.3) is 0 Å². The van der Waals surface area contributed by atoms with E-state index in [-0.39, 0.29) is 5.97 Å². The van der Waals surface area contributed by atoms with Gasteiger partial charge in [-0.2, -0.15) is 0 Å². The Bertz CT molecular complexity index is 1610. The third-order valence-corrected chi connectivity index (χ3v) is 11.3. The summed E-state index contributed by atoms with van der Waals surface area (Å²) in [5.41, 5.74) is 2.66. The van der Waals surface area contributed by atoms with Crippen LogP contribution in [-0.2, 0) is 9.53 Å². The van der Waals surface area contributed by atoms with Crippen LogP contribution in [0.1, 0.15) is 0 Å². The van der Waals surface area contributed by atoms with Gasteiger partial charge in [0.2, 0.25) is 0 Å². The standard InChI is InChI=1S/C33H25O2P/c1-35-33(34)32-30-23-24-13-11-12-20-28(24)29(30)21-22-31(32)36(25-14-5-2-6-15-25,26-16-7-3-8-17-26)27-18-9-4-10-19-27/h2-23H,1H3. The number of fused-ring (bicyclic) bond motifs is 2. The van der Waals surface area contributed by atoms with Gasteiger partial charge in [0.15, 0.2) is 0 Å². The first kappa shape index (κ1) is 22.3. The van der Waals surface area contributed by atoms with Crippen molar-refractivity contribution >= 4 is 45.7 Å². The summed E-state index contributed by atoms with van der Waals surface area (Å²) in [5, 5.41) is 6.87. The number of hydrogen-bond donors (Lipinski definition) is 0. The zero-order valence-electron chi connectivity index (χ0n) is 20.0. The molecule has 36 heavy (non-hydrogen) atoms. The van der Waals surface area contributed by atoms with Crippen molar-refractivity contribution in [3.8, 4) is 0 Å². The number of benzene rings is 4. The number of esters is 1. The summed E-state index contributed by atoms with van der Waals surface area (Å²) in [4.78, 5) is 13.7. The highest BCUT2D eigenvalue weighted by molar-refractivity contribution is 7.96. The van der Waals surface area contributed by atoms with Crippen LogP contribution >= 0.6 is 6.89 Å². The van der Waals surface area contributed by atoms with E-state index in [4.69, 9.17) is 4.74 Å². The van der Waals surface area contributed by atoms with Crippen LogP contribution in [0, 0.1) is 0 Å². The minimum Gasteiger partial charge on any atom is -0.465 e. The van der Waals surface area contributed by atoms with Crippen molar-refractivity contribution in [1.82, 2.24) is 0 Å². The molecule has 0 atom stereocenters. The van der Waals surface area contributed by atoms with Gasteiger partial charge in [-0.25, -0.2) is 4.79 Å². The predicted molar refractivity (Wildman–Crippen MR) is 152 cm³/mol. The summed E-state index contributed by atoms with van der Waals surface area (Å²) in [6, 6.07) is 40.1. The summed E-state index contributed by atoms with van der Waals surface area (Å²) in [5.74, 6) is -0.307. The van der Waals surface area contributed by atoms with Crippen LogP contribution in [0.15, 0.2) is 139 Å². The molecule has 0 heterocycles. The van der Waals surface area contributed by atoms with Gasteiger partial charge in [-0.1, -0.05) is 127 Å². The minimum absolute atomic E-state index is 0.307. The van der Waals surface area contributed by atoms with Gasteiger partial charge in [-0.05, 0) is 55.8 Å². The van der Waals surface area contributed by atoms with Gasteiger partial charge in [-0.3, -0.25) is 0 Å². The highest BCUT2D eigenvalue weighted by atomic mass is 31.2. The second-order valence-electron chi connectivity index (χ2n) is 8.82. The topological polar surface area (TPSA) is 26.3 Å². The summed E-state index contributed by atoms with van der Waals surface area (Å²) < 4.78 is 5.46. The quantitative estimate of drug-likeness (QED) is 0.325. The van der Waals surface area contributed by atoms with E-state index in [1.807, 2.05) is 30.3 Å². The zero-order valence-corrected chi connectivity index (χ0v) is 20.9. The fourth-order valence-electron chi connectivity index (χ4n) is 5.43. The van der Waals surface area contributed by atoms with Gasteiger partial charge >= 0.3 is 5.97 Å². The molecule has 0 N–H and O–H groups in total. The molecule has 0 spiro atoms. The molecule has 0 amide bonds. The van der Waals surface area contributed by atoms with Crippen molar-refractivity contribution < 1.29 is 9.53 Å². The molecule has 0 aliphatic heterocycles. The third kappa shape index (κ3) is 3.38. The first-order valence-electron chi connectivity index (χ1n) is 12.0. The molecule has 0 radical (unpaired) electrons. The lowest BCUT2D eigenvalue weighted by Crippen LogP contribution is -2.33. The van der Waals surface area contributed by atoms with E-state index in [0.29, 0.717) is 5.57 Å². The highest BCUT2D eigenvalue weighted by Gasteiger charge is 2.36. The Kier molecular flexibility index (Phi) is 5.68. The molecule has 2 nitrogen and oxygen atoms in total. The average Bonchev–Trinajstić information content (AvgIpc) is 3.33. The molecular weight excluding hydrogens is 459 g/mol. The molecule has 0 aromatic heterocycles. The van der Waals surface area contributed by atoms with Crippen molar-refractivity contribution in [2.45, 2.75) is 0 Å². The maximum atomic E-state index is 13.7. The van der Waals surface area contributed by atoms with Crippen molar-refractivity contribution in [2.24, 2.45) is 0 Å². The molecular formula is C33H25O2P. The number of carbonyl (C=O) groups excluding carboxylic acids is 1. The highest BCUT2D eigenvalue weighted by Crippen LogP contribution is 2.50. The van der Waals surface area contributed by atoms with Crippen molar-refractivity contribution in [1.29, 1.82) is 0 Å². The normalized spacial score (nSPS) is 14.2. The number of ether oxygens (including phenoxy) is 1. The minimum atomic E-state index is -2.46. The Balaban J connectivity index is 1.87. The molecule has 2 aliphatic carbocycles. The summed E-state index contributed by atoms with van der Waals surface area (Å²) in [7, 11) is 1.47. The van der Waals surface area contributed by atoms with Crippen LogP contribution in [0.3, 0.4) is 0 Å². The third-order valence-electron chi connectivity index (χ3n) is 6.96. The lowest BCUT2D eigenvalue weighted by Gasteiger charge is -2.34. The van der Waals surface area contributed by atoms with Crippen molar-refractivity contribution in [3.63, 3.8) is 0 Å². The van der Waals surface area contributed by atoms with Gasteiger partial charge in [0, 0.05) is 0 Å². The van der Waals surface area contributed by atoms with Crippen LogP contribution < -0.4 is 26.4 Å².